The van der Waals surface area contributed by atoms with Gasteiger partial charge in [-0.05, 0) is 0 Å². The molecule has 0 radical (unpaired) electrons. The second-order valence-electron chi connectivity index (χ2n) is 4.19. The van der Waals surface area contributed by atoms with E-state index in [4.69, 9.17) is 60.0 Å². The second-order valence-corrected chi connectivity index (χ2v) is 4.19. The van der Waals surface area contributed by atoms with E-state index >= 15 is 0 Å². The van der Waals surface area contributed by atoms with E-state index in [2.05, 4.69) is 0 Å². The molecule has 0 unspecified atom stereocenters. The van der Waals surface area contributed by atoms with Gasteiger partial charge in [-0.15, -0.1) is 0 Å². The van der Waals surface area contributed by atoms with E-state index in [1.807, 2.05) is 60.7 Å². The molecule has 0 spiro atoms. The van der Waals surface area contributed by atoms with Crippen LogP contribution in [0.1, 0.15) is 15.9 Å². The minimum Gasteiger partial charge on any atom is -0.450 e. The molecule has 13 heteroatoms. The van der Waals surface area contributed by atoms with Crippen molar-refractivity contribution in [2.75, 3.05) is 0 Å². The van der Waals surface area contributed by atoms with E-state index in [1.165, 1.54) is 0 Å². The Hall–Kier alpha value is -4.81. The molecule has 0 aliphatic heterocycles. The fraction of sp³-hybridized carbons (Fsp3) is 0. The van der Waals surface area contributed by atoms with Crippen LogP contribution in [0, 0.1) is 0 Å². The van der Waals surface area contributed by atoms with Gasteiger partial charge in [-0.2, -0.15) is 0 Å². The van der Waals surface area contributed by atoms with Gasteiger partial charge in [-0.1, -0.05) is 60.7 Å². The van der Waals surface area contributed by atoms with Crippen molar-refractivity contribution in [3.63, 3.8) is 0 Å². The van der Waals surface area contributed by atoms with Crippen LogP contribution in [0.15, 0.2) is 60.7 Å². The zero-order chi connectivity index (χ0) is 24.1. The van der Waals surface area contributed by atoms with Gasteiger partial charge >= 0.3 is 24.6 Å². The Morgan fingerprint density at radius 2 is 0.567 bits per heavy atom. The van der Waals surface area contributed by atoms with Gasteiger partial charge in [0.25, 0.3) is 0 Å². The van der Waals surface area contributed by atoms with Crippen molar-refractivity contribution in [3.05, 3.63) is 71.8 Å². The van der Waals surface area contributed by atoms with E-state index in [-0.39, 0.29) is 5.78 Å². The summed E-state index contributed by atoms with van der Waals surface area (Å²) in [5.74, 6) is 0.0752. The fourth-order valence-corrected chi connectivity index (χ4v) is 1.35. The highest BCUT2D eigenvalue weighted by atomic mass is 16.6. The SMILES string of the molecule is O=C(O)O.O=C(O)O.O=C(O)O.O=C(O)O.O=C(c1ccccc1)c1ccccc1. The van der Waals surface area contributed by atoms with E-state index in [9.17, 15) is 4.79 Å². The van der Waals surface area contributed by atoms with Gasteiger partial charge in [-0.25, -0.2) is 19.2 Å². The molecule has 0 fully saturated rings. The maximum absolute atomic E-state index is 11.8. The smallest absolute Gasteiger partial charge is 0.450 e. The van der Waals surface area contributed by atoms with Gasteiger partial charge in [-0.3, -0.25) is 4.79 Å². The number of hydrogen-bond acceptors (Lipinski definition) is 5. The molecule has 0 aliphatic rings. The van der Waals surface area contributed by atoms with Gasteiger partial charge in [0.1, 0.15) is 0 Å². The van der Waals surface area contributed by atoms with E-state index < -0.39 is 24.6 Å². The van der Waals surface area contributed by atoms with Crippen molar-refractivity contribution in [2.45, 2.75) is 0 Å². The average molecular weight is 430 g/mol. The lowest BCUT2D eigenvalue weighted by Crippen LogP contribution is -1.99. The van der Waals surface area contributed by atoms with Crippen LogP contribution in [0.2, 0.25) is 0 Å². The minimum absolute atomic E-state index is 0.0752. The van der Waals surface area contributed by atoms with Crippen LogP contribution in [0.25, 0.3) is 0 Å². The summed E-state index contributed by atoms with van der Waals surface area (Å²) in [5, 5.41) is 55.8. The summed E-state index contributed by atoms with van der Waals surface area (Å²) in [6.07, 6.45) is -7.33. The number of hydrogen-bond donors (Lipinski definition) is 8. The molecule has 0 aliphatic carbocycles. The third kappa shape index (κ3) is 31.0. The molecule has 0 amide bonds. The Kier molecular flexibility index (Phi) is 18.9. The van der Waals surface area contributed by atoms with Crippen molar-refractivity contribution >= 4 is 30.4 Å². The van der Waals surface area contributed by atoms with E-state index in [1.54, 1.807) is 0 Å². The molecule has 30 heavy (non-hydrogen) atoms. The summed E-state index contributed by atoms with van der Waals surface area (Å²) in [4.78, 5) is 46.1. The highest BCUT2D eigenvalue weighted by Gasteiger charge is 2.06. The Bertz CT molecular complexity index is 667. The Balaban J connectivity index is -0.000000378. The van der Waals surface area contributed by atoms with Gasteiger partial charge in [0, 0.05) is 11.1 Å². The third-order valence-corrected chi connectivity index (χ3v) is 2.07. The molecule has 0 bridgehead atoms. The quantitative estimate of drug-likeness (QED) is 0.316. The van der Waals surface area contributed by atoms with Crippen molar-refractivity contribution in [1.29, 1.82) is 0 Å². The van der Waals surface area contributed by atoms with Crippen molar-refractivity contribution in [3.8, 4) is 0 Å². The first-order valence-electron chi connectivity index (χ1n) is 7.13. The molecule has 0 saturated heterocycles. The summed E-state index contributed by atoms with van der Waals surface area (Å²) >= 11 is 0. The average Bonchev–Trinajstić information content (AvgIpc) is 2.61. The molecule has 0 aromatic heterocycles. The van der Waals surface area contributed by atoms with Crippen LogP contribution in [0.4, 0.5) is 19.2 Å². The number of ketones is 1. The fourth-order valence-electron chi connectivity index (χ4n) is 1.35. The highest BCUT2D eigenvalue weighted by molar-refractivity contribution is 6.08. The maximum atomic E-state index is 11.8. The summed E-state index contributed by atoms with van der Waals surface area (Å²) in [6.45, 7) is 0. The summed E-state index contributed by atoms with van der Waals surface area (Å²) in [6, 6.07) is 18.6. The zero-order valence-electron chi connectivity index (χ0n) is 14.9. The predicted molar refractivity (Wildman–Crippen MR) is 98.9 cm³/mol. The molecular formula is C17H18O13. The Labute approximate surface area is 167 Å². The molecular weight excluding hydrogens is 412 g/mol. The highest BCUT2D eigenvalue weighted by Crippen LogP contribution is 2.08. The van der Waals surface area contributed by atoms with Crippen LogP contribution in [0.5, 0.6) is 0 Å². The maximum Gasteiger partial charge on any atom is 0.503 e. The van der Waals surface area contributed by atoms with Gasteiger partial charge in [0.15, 0.2) is 5.78 Å². The normalized spacial score (nSPS) is 7.73. The van der Waals surface area contributed by atoms with Crippen molar-refractivity contribution < 1.29 is 64.8 Å². The van der Waals surface area contributed by atoms with Crippen LogP contribution >= 0.6 is 0 Å². The molecule has 13 nitrogen and oxygen atoms in total. The molecule has 2 aromatic carbocycles. The van der Waals surface area contributed by atoms with Crippen LogP contribution in [-0.2, 0) is 0 Å². The molecule has 2 rings (SSSR count). The lowest BCUT2D eigenvalue weighted by molar-refractivity contribution is 0.103. The Morgan fingerprint density at radius 3 is 0.733 bits per heavy atom. The summed E-state index contributed by atoms with van der Waals surface area (Å²) in [7, 11) is 0. The number of carbonyl (C=O) groups excluding carboxylic acids is 1. The largest absolute Gasteiger partial charge is 0.503 e. The predicted octanol–water partition coefficient (Wildman–Crippen LogP) is 3.81. The second kappa shape index (κ2) is 19.0. The molecule has 164 valence electrons. The Morgan fingerprint density at radius 1 is 0.400 bits per heavy atom. The number of benzene rings is 2. The number of rotatable bonds is 2. The third-order valence-electron chi connectivity index (χ3n) is 2.07. The van der Waals surface area contributed by atoms with Gasteiger partial charge in [0.05, 0.1) is 0 Å². The van der Waals surface area contributed by atoms with Crippen LogP contribution in [0.3, 0.4) is 0 Å². The topological polar surface area (TPSA) is 247 Å². The van der Waals surface area contributed by atoms with Crippen LogP contribution in [-0.4, -0.2) is 71.3 Å². The lowest BCUT2D eigenvalue weighted by Gasteiger charge is -1.99. The monoisotopic (exact) mass is 430 g/mol. The van der Waals surface area contributed by atoms with Crippen LogP contribution < -0.4 is 0 Å². The minimum atomic E-state index is -1.83. The molecule has 0 heterocycles. The van der Waals surface area contributed by atoms with Crippen molar-refractivity contribution in [1.82, 2.24) is 0 Å². The standard InChI is InChI=1S/C13H10O.4CH2O3/c14-13(11-7-3-1-4-8-11)12-9-5-2-6-10-12;4*2-1(3)4/h1-10H;4*(H2,2,3,4). The number of carbonyl (C=O) groups is 5. The molecule has 0 atom stereocenters. The summed E-state index contributed by atoms with van der Waals surface area (Å²) < 4.78 is 0. The molecule has 8 N–H and O–H groups in total. The van der Waals surface area contributed by atoms with E-state index in [0.29, 0.717) is 0 Å². The van der Waals surface area contributed by atoms with Crippen molar-refractivity contribution in [2.24, 2.45) is 0 Å². The van der Waals surface area contributed by atoms with Gasteiger partial charge in [0.2, 0.25) is 0 Å². The molecule has 0 saturated carbocycles. The zero-order valence-corrected chi connectivity index (χ0v) is 14.9. The lowest BCUT2D eigenvalue weighted by atomic mass is 10.0. The number of carboxylic acid groups (broad SMARTS) is 8. The first-order valence-corrected chi connectivity index (χ1v) is 7.13. The first-order chi connectivity index (χ1) is 13.8. The van der Waals surface area contributed by atoms with Gasteiger partial charge < -0.3 is 40.9 Å². The van der Waals surface area contributed by atoms with E-state index in [0.717, 1.165) is 11.1 Å². The first kappa shape index (κ1) is 29.9. The molecule has 2 aromatic rings. The summed E-state index contributed by atoms with van der Waals surface area (Å²) in [5.41, 5.74) is 1.47.